The van der Waals surface area contributed by atoms with Gasteiger partial charge in [-0.15, -0.1) is 11.3 Å². The van der Waals surface area contributed by atoms with Crippen LogP contribution in [-0.2, 0) is 0 Å². The molecule has 0 aliphatic carbocycles. The van der Waals surface area contributed by atoms with Crippen molar-refractivity contribution in [2.24, 2.45) is 0 Å². The zero-order valence-corrected chi connectivity index (χ0v) is 16.5. The molecule has 0 saturated carbocycles. The normalized spacial score (nSPS) is 13.7. The molecular formula is C22H18N2O4S. The standard InChI is InChI=1S/C22H18N2O4S/c1-12(25)9-24-22(26)21-19(13-5-3-2-4-6-13)15-10-23-16-8-18-17(27-11-28-18)7-14(16)20(15)29-21/h2-8,10,12,25H,9,11H2,1H3,(H,24,26)/t12-/m1/s1. The molecule has 0 fully saturated rings. The molecule has 3 heterocycles. The first kappa shape index (κ1) is 17.9. The predicted molar refractivity (Wildman–Crippen MR) is 113 cm³/mol. The summed E-state index contributed by atoms with van der Waals surface area (Å²) in [4.78, 5) is 18.2. The lowest BCUT2D eigenvalue weighted by Gasteiger charge is -2.08. The second kappa shape index (κ2) is 7.02. The van der Waals surface area contributed by atoms with Gasteiger partial charge in [-0.25, -0.2) is 0 Å². The molecule has 29 heavy (non-hydrogen) atoms. The van der Waals surface area contributed by atoms with Crippen LogP contribution < -0.4 is 14.8 Å². The summed E-state index contributed by atoms with van der Waals surface area (Å²) in [5.74, 6) is 1.15. The minimum atomic E-state index is -0.615. The quantitative estimate of drug-likeness (QED) is 0.536. The highest BCUT2D eigenvalue weighted by molar-refractivity contribution is 7.22. The first-order valence-corrected chi connectivity index (χ1v) is 10.1. The number of hydrogen-bond acceptors (Lipinski definition) is 6. The van der Waals surface area contributed by atoms with Gasteiger partial charge in [0.05, 0.1) is 11.6 Å². The lowest BCUT2D eigenvalue weighted by atomic mass is 10.0. The number of aliphatic hydroxyl groups excluding tert-OH is 1. The molecule has 2 aromatic heterocycles. The van der Waals surface area contributed by atoms with Crippen molar-refractivity contribution in [3.05, 3.63) is 53.5 Å². The highest BCUT2D eigenvalue weighted by Crippen LogP contribution is 2.44. The molecule has 2 N–H and O–H groups in total. The molecule has 2 aromatic carbocycles. The first-order chi connectivity index (χ1) is 14.1. The molecule has 1 aliphatic heterocycles. The minimum absolute atomic E-state index is 0.193. The summed E-state index contributed by atoms with van der Waals surface area (Å²) in [5, 5.41) is 14.2. The number of hydrogen-bond donors (Lipinski definition) is 2. The van der Waals surface area contributed by atoms with Crippen LogP contribution in [0.4, 0.5) is 0 Å². The van der Waals surface area contributed by atoms with Crippen molar-refractivity contribution in [3.63, 3.8) is 0 Å². The molecule has 7 heteroatoms. The lowest BCUT2D eigenvalue weighted by molar-refractivity contribution is 0.0928. The molecule has 146 valence electrons. The lowest BCUT2D eigenvalue weighted by Crippen LogP contribution is -2.30. The molecule has 1 aliphatic rings. The van der Waals surface area contributed by atoms with E-state index in [-0.39, 0.29) is 19.2 Å². The monoisotopic (exact) mass is 406 g/mol. The largest absolute Gasteiger partial charge is 0.454 e. The maximum absolute atomic E-state index is 13.0. The number of fused-ring (bicyclic) bond motifs is 4. The van der Waals surface area contributed by atoms with Gasteiger partial charge in [0.1, 0.15) is 4.88 Å². The summed E-state index contributed by atoms with van der Waals surface area (Å²) in [7, 11) is 0. The van der Waals surface area contributed by atoms with E-state index in [9.17, 15) is 9.90 Å². The molecule has 0 radical (unpaired) electrons. The highest BCUT2D eigenvalue weighted by Gasteiger charge is 2.23. The van der Waals surface area contributed by atoms with Crippen molar-refractivity contribution >= 4 is 38.2 Å². The molecule has 0 unspecified atom stereocenters. The van der Waals surface area contributed by atoms with E-state index in [4.69, 9.17) is 9.47 Å². The van der Waals surface area contributed by atoms with Crippen LogP contribution in [0.1, 0.15) is 16.6 Å². The van der Waals surface area contributed by atoms with Gasteiger partial charge in [0.2, 0.25) is 6.79 Å². The van der Waals surface area contributed by atoms with E-state index in [1.54, 1.807) is 6.92 Å². The Morgan fingerprint density at radius 3 is 2.72 bits per heavy atom. The topological polar surface area (TPSA) is 80.7 Å². The van der Waals surface area contributed by atoms with Gasteiger partial charge in [-0.2, -0.15) is 0 Å². The Morgan fingerprint density at radius 2 is 1.97 bits per heavy atom. The van der Waals surface area contributed by atoms with Gasteiger partial charge in [-0.05, 0) is 18.6 Å². The number of nitrogens with zero attached hydrogens (tertiary/aromatic N) is 1. The first-order valence-electron chi connectivity index (χ1n) is 9.28. The van der Waals surface area contributed by atoms with Gasteiger partial charge in [0, 0.05) is 39.8 Å². The summed E-state index contributed by atoms with van der Waals surface area (Å²) in [5.41, 5.74) is 2.59. The van der Waals surface area contributed by atoms with Gasteiger partial charge in [0.15, 0.2) is 11.5 Å². The highest BCUT2D eigenvalue weighted by atomic mass is 32.1. The Morgan fingerprint density at radius 1 is 1.21 bits per heavy atom. The van der Waals surface area contributed by atoms with Crippen LogP contribution in [0.5, 0.6) is 11.5 Å². The number of amides is 1. The van der Waals surface area contributed by atoms with Crippen LogP contribution in [0.3, 0.4) is 0 Å². The number of aromatic nitrogens is 1. The average molecular weight is 406 g/mol. The fourth-order valence-corrected chi connectivity index (χ4v) is 4.73. The second-order valence-corrected chi connectivity index (χ2v) is 7.98. The Hall–Kier alpha value is -3.16. The third-order valence-corrected chi connectivity index (χ3v) is 6.08. The van der Waals surface area contributed by atoms with Crippen molar-refractivity contribution < 1.29 is 19.4 Å². The number of pyridine rings is 1. The third-order valence-electron chi connectivity index (χ3n) is 4.84. The predicted octanol–water partition coefficient (Wildman–Crippen LogP) is 3.96. The molecule has 0 saturated heterocycles. The zero-order valence-electron chi connectivity index (χ0n) is 15.6. The van der Waals surface area contributed by atoms with Crippen molar-refractivity contribution in [2.45, 2.75) is 13.0 Å². The minimum Gasteiger partial charge on any atom is -0.454 e. The summed E-state index contributed by atoms with van der Waals surface area (Å²) in [6, 6.07) is 13.6. The number of carbonyl (C=O) groups excluding carboxylic acids is 1. The van der Waals surface area contributed by atoms with Crippen LogP contribution in [0.25, 0.3) is 32.1 Å². The van der Waals surface area contributed by atoms with Gasteiger partial charge in [0.25, 0.3) is 5.91 Å². The van der Waals surface area contributed by atoms with Gasteiger partial charge < -0.3 is 19.9 Å². The van der Waals surface area contributed by atoms with Crippen LogP contribution in [0.15, 0.2) is 48.7 Å². The maximum atomic E-state index is 13.0. The van der Waals surface area contributed by atoms with E-state index in [1.807, 2.05) is 48.7 Å². The van der Waals surface area contributed by atoms with E-state index >= 15 is 0 Å². The van der Waals surface area contributed by atoms with Crippen LogP contribution in [0.2, 0.25) is 0 Å². The molecule has 6 nitrogen and oxygen atoms in total. The average Bonchev–Trinajstić information content (AvgIpc) is 3.35. The fraction of sp³-hybridized carbons (Fsp3) is 0.182. The number of aliphatic hydroxyl groups is 1. The van der Waals surface area contributed by atoms with E-state index < -0.39 is 6.10 Å². The molecule has 5 rings (SSSR count). The summed E-state index contributed by atoms with van der Waals surface area (Å²) >= 11 is 1.42. The zero-order chi connectivity index (χ0) is 20.0. The van der Waals surface area contributed by atoms with Crippen LogP contribution in [0, 0.1) is 0 Å². The second-order valence-electron chi connectivity index (χ2n) is 6.95. The van der Waals surface area contributed by atoms with Crippen molar-refractivity contribution in [1.82, 2.24) is 10.3 Å². The molecule has 0 bridgehead atoms. The molecule has 1 amide bonds. The molecule has 0 spiro atoms. The fourth-order valence-electron chi connectivity index (χ4n) is 3.49. The third kappa shape index (κ3) is 3.08. The Kier molecular flexibility index (Phi) is 4.34. The van der Waals surface area contributed by atoms with E-state index in [0.717, 1.165) is 32.1 Å². The SMILES string of the molecule is C[C@@H](O)CNC(=O)c1sc2c(cnc3cc4c(cc32)OCO4)c1-c1ccccc1. The number of benzene rings is 2. The van der Waals surface area contributed by atoms with E-state index in [2.05, 4.69) is 10.3 Å². The van der Waals surface area contributed by atoms with Gasteiger partial charge in [-0.1, -0.05) is 30.3 Å². The molecule has 4 aromatic rings. The van der Waals surface area contributed by atoms with E-state index in [0.29, 0.717) is 16.4 Å². The Labute approximate surface area is 170 Å². The van der Waals surface area contributed by atoms with E-state index in [1.165, 1.54) is 11.3 Å². The van der Waals surface area contributed by atoms with Crippen molar-refractivity contribution in [2.75, 3.05) is 13.3 Å². The number of ether oxygens (including phenoxy) is 2. The molecular weight excluding hydrogens is 388 g/mol. The summed E-state index contributed by atoms with van der Waals surface area (Å²) in [6.07, 6.45) is 1.19. The Bertz CT molecular complexity index is 1230. The van der Waals surface area contributed by atoms with Crippen LogP contribution in [-0.4, -0.2) is 35.4 Å². The van der Waals surface area contributed by atoms with Crippen LogP contribution >= 0.6 is 11.3 Å². The smallest absolute Gasteiger partial charge is 0.262 e. The number of nitrogens with one attached hydrogen (secondary N) is 1. The number of rotatable bonds is 4. The van der Waals surface area contributed by atoms with Crippen molar-refractivity contribution in [1.29, 1.82) is 0 Å². The molecule has 1 atom stereocenters. The van der Waals surface area contributed by atoms with Crippen molar-refractivity contribution in [3.8, 4) is 22.6 Å². The number of thiophene rings is 1. The van der Waals surface area contributed by atoms with Gasteiger partial charge in [-0.3, -0.25) is 9.78 Å². The summed E-state index contributed by atoms with van der Waals surface area (Å²) in [6.45, 7) is 2.03. The number of carbonyl (C=O) groups is 1. The van der Waals surface area contributed by atoms with Gasteiger partial charge >= 0.3 is 0 Å². The Balaban J connectivity index is 1.75. The maximum Gasteiger partial charge on any atom is 0.262 e. The summed E-state index contributed by atoms with van der Waals surface area (Å²) < 4.78 is 12.0.